The maximum Gasteiger partial charge on any atom is 0.240 e. The van der Waals surface area contributed by atoms with Crippen molar-refractivity contribution in [3.8, 4) is 6.07 Å². The van der Waals surface area contributed by atoms with Crippen LogP contribution in [0, 0.1) is 16.7 Å². The highest BCUT2D eigenvalue weighted by atomic mass is 16.2. The first-order valence-corrected chi connectivity index (χ1v) is 5.77. The van der Waals surface area contributed by atoms with Gasteiger partial charge in [-0.05, 0) is 31.4 Å². The van der Waals surface area contributed by atoms with Gasteiger partial charge in [-0.15, -0.1) is 0 Å². The lowest BCUT2D eigenvalue weighted by Crippen LogP contribution is -2.35. The van der Waals surface area contributed by atoms with Crippen LogP contribution in [0.5, 0.6) is 0 Å². The topological polar surface area (TPSA) is 52.9 Å². The van der Waals surface area contributed by atoms with E-state index < -0.39 is 5.41 Å². The van der Waals surface area contributed by atoms with E-state index in [1.54, 1.807) is 13.8 Å². The van der Waals surface area contributed by atoms with Crippen LogP contribution in [0.4, 0.5) is 0 Å². The van der Waals surface area contributed by atoms with Gasteiger partial charge in [0.1, 0.15) is 5.41 Å². The van der Waals surface area contributed by atoms with Crippen LogP contribution in [-0.4, -0.2) is 5.91 Å². The summed E-state index contributed by atoms with van der Waals surface area (Å²) in [6, 6.07) is 9.99. The van der Waals surface area contributed by atoms with Crippen LogP contribution < -0.4 is 5.32 Å². The summed E-state index contributed by atoms with van der Waals surface area (Å²) in [5, 5.41) is 11.7. The first kappa shape index (κ1) is 13.2. The van der Waals surface area contributed by atoms with Gasteiger partial charge in [-0.3, -0.25) is 4.79 Å². The Morgan fingerprint density at radius 3 is 2.47 bits per heavy atom. The Hall–Kier alpha value is -1.82. The number of nitrogens with one attached hydrogen (secondary N) is 1. The second-order valence-electron chi connectivity index (χ2n) is 4.54. The molecule has 90 valence electrons. The third-order valence-corrected chi connectivity index (χ3v) is 2.79. The monoisotopic (exact) mass is 230 g/mol. The van der Waals surface area contributed by atoms with E-state index in [-0.39, 0.29) is 5.91 Å². The van der Waals surface area contributed by atoms with Crippen molar-refractivity contribution in [1.82, 2.24) is 5.32 Å². The summed E-state index contributed by atoms with van der Waals surface area (Å²) in [4.78, 5) is 11.7. The van der Waals surface area contributed by atoms with Gasteiger partial charge in [-0.2, -0.15) is 5.26 Å². The van der Waals surface area contributed by atoms with Crippen LogP contribution >= 0.6 is 0 Å². The van der Waals surface area contributed by atoms with Crippen molar-refractivity contribution in [2.75, 3.05) is 0 Å². The number of nitrogens with zero attached hydrogens (tertiary/aromatic N) is 1. The number of nitriles is 1. The minimum Gasteiger partial charge on any atom is -0.351 e. The highest BCUT2D eigenvalue weighted by molar-refractivity contribution is 5.84. The number of aryl methyl sites for hydroxylation is 1. The molecule has 1 rings (SSSR count). The van der Waals surface area contributed by atoms with E-state index in [2.05, 4.69) is 18.3 Å². The van der Waals surface area contributed by atoms with Gasteiger partial charge in [0.25, 0.3) is 0 Å². The molecule has 0 aliphatic rings. The van der Waals surface area contributed by atoms with Gasteiger partial charge in [0.05, 0.1) is 6.07 Å². The number of amides is 1. The maximum atomic E-state index is 11.7. The number of hydrogen-bond acceptors (Lipinski definition) is 2. The normalized spacial score (nSPS) is 10.7. The molecule has 3 heteroatoms. The molecule has 0 aromatic heterocycles. The predicted octanol–water partition coefficient (Wildman–Crippen LogP) is 2.41. The Balaban J connectivity index is 2.69. The fourth-order valence-corrected chi connectivity index (χ4v) is 1.52. The maximum absolute atomic E-state index is 11.7. The fraction of sp³-hybridized carbons (Fsp3) is 0.429. The molecule has 1 aromatic carbocycles. The molecule has 1 aromatic rings. The van der Waals surface area contributed by atoms with Crippen molar-refractivity contribution in [3.63, 3.8) is 0 Å². The van der Waals surface area contributed by atoms with Crippen molar-refractivity contribution in [3.05, 3.63) is 35.4 Å². The molecule has 0 atom stereocenters. The Kier molecular flexibility index (Phi) is 4.28. The summed E-state index contributed by atoms with van der Waals surface area (Å²) in [5.41, 5.74) is 1.36. The van der Waals surface area contributed by atoms with Crippen molar-refractivity contribution in [1.29, 1.82) is 5.26 Å². The van der Waals surface area contributed by atoms with Crippen molar-refractivity contribution in [2.24, 2.45) is 5.41 Å². The average Bonchev–Trinajstić information content (AvgIpc) is 2.36. The van der Waals surface area contributed by atoms with Gasteiger partial charge in [0.15, 0.2) is 0 Å². The van der Waals surface area contributed by atoms with Crippen LogP contribution in [0.3, 0.4) is 0 Å². The SMILES string of the molecule is CCc1ccccc1CNC(=O)C(C)(C)C#N. The van der Waals surface area contributed by atoms with Gasteiger partial charge in [0.2, 0.25) is 5.91 Å². The van der Waals surface area contributed by atoms with Gasteiger partial charge >= 0.3 is 0 Å². The number of carbonyl (C=O) groups excluding carboxylic acids is 1. The molecular weight excluding hydrogens is 212 g/mol. The lowest BCUT2D eigenvalue weighted by Gasteiger charge is -2.16. The van der Waals surface area contributed by atoms with E-state index in [1.165, 1.54) is 5.56 Å². The molecule has 0 unspecified atom stereocenters. The fourth-order valence-electron chi connectivity index (χ4n) is 1.52. The van der Waals surface area contributed by atoms with Crippen molar-refractivity contribution in [2.45, 2.75) is 33.7 Å². The van der Waals surface area contributed by atoms with Gasteiger partial charge < -0.3 is 5.32 Å². The van der Waals surface area contributed by atoms with Crippen LogP contribution in [0.2, 0.25) is 0 Å². The molecule has 0 aliphatic heterocycles. The minimum absolute atomic E-state index is 0.231. The third-order valence-electron chi connectivity index (χ3n) is 2.79. The lowest BCUT2D eigenvalue weighted by molar-refractivity contribution is -0.126. The summed E-state index contributed by atoms with van der Waals surface area (Å²) in [7, 11) is 0. The Bertz CT molecular complexity index is 444. The van der Waals surface area contributed by atoms with Crippen LogP contribution in [0.15, 0.2) is 24.3 Å². The standard InChI is InChI=1S/C14H18N2O/c1-4-11-7-5-6-8-12(11)9-16-13(17)14(2,3)10-15/h5-8H,4,9H2,1-3H3,(H,16,17). The Labute approximate surface area is 102 Å². The van der Waals surface area contributed by atoms with E-state index in [0.29, 0.717) is 6.54 Å². The lowest BCUT2D eigenvalue weighted by atomic mass is 9.94. The average molecular weight is 230 g/mol. The Morgan fingerprint density at radius 1 is 1.35 bits per heavy atom. The highest BCUT2D eigenvalue weighted by Crippen LogP contribution is 2.14. The van der Waals surface area contributed by atoms with E-state index in [9.17, 15) is 4.79 Å². The molecule has 0 bridgehead atoms. The van der Waals surface area contributed by atoms with E-state index in [1.807, 2.05) is 24.3 Å². The molecule has 3 nitrogen and oxygen atoms in total. The summed E-state index contributed by atoms with van der Waals surface area (Å²) in [6.07, 6.45) is 0.938. The largest absolute Gasteiger partial charge is 0.351 e. The molecule has 0 radical (unpaired) electrons. The highest BCUT2D eigenvalue weighted by Gasteiger charge is 2.26. The summed E-state index contributed by atoms with van der Waals surface area (Å²) < 4.78 is 0. The van der Waals surface area contributed by atoms with E-state index in [0.717, 1.165) is 12.0 Å². The second-order valence-corrected chi connectivity index (χ2v) is 4.54. The van der Waals surface area contributed by atoms with Gasteiger partial charge in [-0.1, -0.05) is 31.2 Å². The summed E-state index contributed by atoms with van der Waals surface area (Å²) >= 11 is 0. The first-order valence-electron chi connectivity index (χ1n) is 5.77. The van der Waals surface area contributed by atoms with E-state index >= 15 is 0 Å². The zero-order valence-corrected chi connectivity index (χ0v) is 10.6. The third kappa shape index (κ3) is 3.32. The number of benzene rings is 1. The molecule has 0 spiro atoms. The molecular formula is C14H18N2O. The van der Waals surface area contributed by atoms with E-state index in [4.69, 9.17) is 5.26 Å². The quantitative estimate of drug-likeness (QED) is 0.863. The first-order chi connectivity index (χ1) is 8.01. The molecule has 0 saturated heterocycles. The molecule has 1 amide bonds. The van der Waals surface area contributed by atoms with Crippen LogP contribution in [0.25, 0.3) is 0 Å². The summed E-state index contributed by atoms with van der Waals surface area (Å²) in [5.74, 6) is -0.231. The number of carbonyl (C=O) groups is 1. The molecule has 0 fully saturated rings. The predicted molar refractivity (Wildman–Crippen MR) is 67.1 cm³/mol. The van der Waals surface area contributed by atoms with Crippen LogP contribution in [-0.2, 0) is 17.8 Å². The number of rotatable bonds is 4. The molecule has 17 heavy (non-hydrogen) atoms. The zero-order valence-electron chi connectivity index (χ0n) is 10.6. The number of hydrogen-bond donors (Lipinski definition) is 1. The smallest absolute Gasteiger partial charge is 0.240 e. The summed E-state index contributed by atoms with van der Waals surface area (Å²) in [6.45, 7) is 5.80. The molecule has 0 saturated carbocycles. The zero-order chi connectivity index (χ0) is 12.9. The minimum atomic E-state index is -0.971. The molecule has 0 heterocycles. The van der Waals surface area contributed by atoms with Gasteiger partial charge in [0, 0.05) is 6.54 Å². The molecule has 0 aliphatic carbocycles. The second kappa shape index (κ2) is 5.49. The van der Waals surface area contributed by atoms with Crippen molar-refractivity contribution < 1.29 is 4.79 Å². The van der Waals surface area contributed by atoms with Gasteiger partial charge in [-0.25, -0.2) is 0 Å². The van der Waals surface area contributed by atoms with Crippen molar-refractivity contribution >= 4 is 5.91 Å². The molecule has 1 N–H and O–H groups in total. The van der Waals surface area contributed by atoms with Crippen LogP contribution in [0.1, 0.15) is 31.9 Å². The Morgan fingerprint density at radius 2 is 1.94 bits per heavy atom.